The Bertz CT molecular complexity index is 556. The van der Waals surface area contributed by atoms with Gasteiger partial charge in [0.15, 0.2) is 6.61 Å². The lowest BCUT2D eigenvalue weighted by molar-refractivity contribution is -0.132. The molecule has 0 saturated carbocycles. The summed E-state index contributed by atoms with van der Waals surface area (Å²) < 4.78 is 5.24. The number of carboxylic acid groups (broad SMARTS) is 1. The van der Waals surface area contributed by atoms with Crippen molar-refractivity contribution in [3.8, 4) is 11.8 Å². The molecule has 1 amide bonds. The first-order chi connectivity index (χ1) is 9.56. The second kappa shape index (κ2) is 7.59. The zero-order chi connectivity index (χ0) is 15.0. The van der Waals surface area contributed by atoms with Gasteiger partial charge in [0.1, 0.15) is 17.4 Å². The van der Waals surface area contributed by atoms with Crippen LogP contribution in [0.5, 0.6) is 5.75 Å². The number of aliphatic carboxylic acids is 1. The molecule has 0 atom stereocenters. The molecule has 6 heteroatoms. The standard InChI is InChI=1S/C14H14N2O4/c1-2-16-13(17)9-20-12-5-3-10(4-6-12)7-11(8-15)14(18)19/h3-7H,2,9H2,1H3,(H,16,17)(H,18,19). The molecule has 0 bridgehead atoms. The van der Waals surface area contributed by atoms with Gasteiger partial charge in [-0.2, -0.15) is 5.26 Å². The van der Waals surface area contributed by atoms with E-state index in [2.05, 4.69) is 5.32 Å². The van der Waals surface area contributed by atoms with E-state index in [1.54, 1.807) is 30.3 Å². The summed E-state index contributed by atoms with van der Waals surface area (Å²) in [5.41, 5.74) is 0.218. The maximum absolute atomic E-state index is 11.2. The Morgan fingerprint density at radius 2 is 2.05 bits per heavy atom. The van der Waals surface area contributed by atoms with Crippen LogP contribution in [0.2, 0.25) is 0 Å². The van der Waals surface area contributed by atoms with Crippen LogP contribution in [-0.4, -0.2) is 30.1 Å². The van der Waals surface area contributed by atoms with E-state index in [1.165, 1.54) is 6.08 Å². The van der Waals surface area contributed by atoms with Gasteiger partial charge in [0, 0.05) is 6.54 Å². The van der Waals surface area contributed by atoms with Gasteiger partial charge in [-0.25, -0.2) is 4.79 Å². The van der Waals surface area contributed by atoms with Gasteiger partial charge in [0.2, 0.25) is 0 Å². The topological polar surface area (TPSA) is 99.4 Å². The van der Waals surface area contributed by atoms with Gasteiger partial charge < -0.3 is 15.2 Å². The zero-order valence-corrected chi connectivity index (χ0v) is 10.9. The van der Waals surface area contributed by atoms with E-state index in [9.17, 15) is 9.59 Å². The Morgan fingerprint density at radius 3 is 2.55 bits per heavy atom. The number of nitrogens with one attached hydrogen (secondary N) is 1. The average molecular weight is 274 g/mol. The fourth-order valence-corrected chi connectivity index (χ4v) is 1.37. The monoisotopic (exact) mass is 274 g/mol. The van der Waals surface area contributed by atoms with Crippen LogP contribution in [0.25, 0.3) is 6.08 Å². The normalized spacial score (nSPS) is 10.5. The SMILES string of the molecule is CCNC(=O)COc1ccc(C=C(C#N)C(=O)O)cc1. The molecule has 1 aromatic rings. The largest absolute Gasteiger partial charge is 0.484 e. The molecule has 0 aliphatic rings. The molecule has 104 valence electrons. The third-order valence-corrected chi connectivity index (χ3v) is 2.29. The molecule has 20 heavy (non-hydrogen) atoms. The van der Waals surface area contributed by atoms with Crippen molar-refractivity contribution in [2.75, 3.05) is 13.2 Å². The molecule has 6 nitrogen and oxygen atoms in total. The lowest BCUT2D eigenvalue weighted by Crippen LogP contribution is -2.28. The van der Waals surface area contributed by atoms with E-state index >= 15 is 0 Å². The summed E-state index contributed by atoms with van der Waals surface area (Å²) in [6.07, 6.45) is 1.26. The van der Waals surface area contributed by atoms with Crippen LogP contribution in [0.15, 0.2) is 29.8 Å². The highest BCUT2D eigenvalue weighted by Crippen LogP contribution is 2.14. The molecule has 0 fully saturated rings. The Hall–Kier alpha value is -2.81. The van der Waals surface area contributed by atoms with Gasteiger partial charge in [0.05, 0.1) is 0 Å². The second-order valence-electron chi connectivity index (χ2n) is 3.79. The Labute approximate surface area is 116 Å². The van der Waals surface area contributed by atoms with Crippen LogP contribution in [0, 0.1) is 11.3 Å². The quantitative estimate of drug-likeness (QED) is 0.599. The zero-order valence-electron chi connectivity index (χ0n) is 10.9. The highest BCUT2D eigenvalue weighted by Gasteiger charge is 2.06. The summed E-state index contributed by atoms with van der Waals surface area (Å²) in [7, 11) is 0. The van der Waals surface area contributed by atoms with E-state index < -0.39 is 5.97 Å². The molecular weight excluding hydrogens is 260 g/mol. The third-order valence-electron chi connectivity index (χ3n) is 2.29. The molecule has 1 aromatic carbocycles. The molecule has 0 aromatic heterocycles. The first kappa shape index (κ1) is 15.2. The number of benzene rings is 1. The van der Waals surface area contributed by atoms with Crippen LogP contribution in [0.4, 0.5) is 0 Å². The molecule has 0 spiro atoms. The van der Waals surface area contributed by atoms with Crippen LogP contribution in [-0.2, 0) is 9.59 Å². The smallest absolute Gasteiger partial charge is 0.346 e. The predicted octanol–water partition coefficient (Wildman–Crippen LogP) is 1.19. The van der Waals surface area contributed by atoms with Crippen molar-refractivity contribution in [1.29, 1.82) is 5.26 Å². The fraction of sp³-hybridized carbons (Fsp3) is 0.214. The number of carboxylic acids is 1. The highest BCUT2D eigenvalue weighted by atomic mass is 16.5. The minimum atomic E-state index is -1.27. The van der Waals surface area contributed by atoms with Gasteiger partial charge in [-0.3, -0.25) is 4.79 Å². The maximum Gasteiger partial charge on any atom is 0.346 e. The van der Waals surface area contributed by atoms with Crippen molar-refractivity contribution in [2.24, 2.45) is 0 Å². The van der Waals surface area contributed by atoms with Gasteiger partial charge in [-0.15, -0.1) is 0 Å². The van der Waals surface area contributed by atoms with Crippen LogP contribution in [0.3, 0.4) is 0 Å². The first-order valence-electron chi connectivity index (χ1n) is 5.91. The van der Waals surface area contributed by atoms with Crippen LogP contribution < -0.4 is 10.1 Å². The Morgan fingerprint density at radius 1 is 1.40 bits per heavy atom. The summed E-state index contributed by atoms with van der Waals surface area (Å²) in [6.45, 7) is 2.27. The number of hydrogen-bond donors (Lipinski definition) is 2. The van der Waals surface area contributed by atoms with Gasteiger partial charge in [0.25, 0.3) is 5.91 Å². The maximum atomic E-state index is 11.2. The molecule has 1 rings (SSSR count). The number of carbonyl (C=O) groups excluding carboxylic acids is 1. The van der Waals surface area contributed by atoms with Crippen molar-refractivity contribution in [1.82, 2.24) is 5.32 Å². The summed E-state index contributed by atoms with van der Waals surface area (Å²) >= 11 is 0. The molecule has 0 radical (unpaired) electrons. The molecule has 0 unspecified atom stereocenters. The number of hydrogen-bond acceptors (Lipinski definition) is 4. The van der Waals surface area contributed by atoms with E-state index in [4.69, 9.17) is 15.1 Å². The van der Waals surface area contributed by atoms with Crippen molar-refractivity contribution in [3.63, 3.8) is 0 Å². The van der Waals surface area contributed by atoms with E-state index in [0.717, 1.165) is 0 Å². The van der Waals surface area contributed by atoms with E-state index in [1.807, 2.05) is 6.92 Å². The number of nitriles is 1. The number of amides is 1. The van der Waals surface area contributed by atoms with Crippen molar-refractivity contribution in [2.45, 2.75) is 6.92 Å². The number of likely N-dealkylation sites (N-methyl/N-ethyl adjacent to an activating group) is 1. The Kier molecular flexibility index (Phi) is 5.78. The number of nitrogens with zero attached hydrogens (tertiary/aromatic N) is 1. The third kappa shape index (κ3) is 4.82. The highest BCUT2D eigenvalue weighted by molar-refractivity contribution is 5.96. The van der Waals surface area contributed by atoms with Gasteiger partial charge >= 0.3 is 5.97 Å². The van der Waals surface area contributed by atoms with E-state index in [-0.39, 0.29) is 18.1 Å². The van der Waals surface area contributed by atoms with Crippen molar-refractivity contribution >= 4 is 18.0 Å². The number of carbonyl (C=O) groups is 2. The molecular formula is C14H14N2O4. The molecule has 2 N–H and O–H groups in total. The van der Waals surface area contributed by atoms with Crippen molar-refractivity contribution in [3.05, 3.63) is 35.4 Å². The minimum Gasteiger partial charge on any atom is -0.484 e. The number of ether oxygens (including phenoxy) is 1. The predicted molar refractivity (Wildman–Crippen MR) is 71.8 cm³/mol. The number of rotatable bonds is 6. The molecule has 0 aliphatic heterocycles. The lowest BCUT2D eigenvalue weighted by Gasteiger charge is -2.06. The van der Waals surface area contributed by atoms with Gasteiger partial charge in [-0.1, -0.05) is 12.1 Å². The fourth-order valence-electron chi connectivity index (χ4n) is 1.37. The Balaban J connectivity index is 2.68. The molecule has 0 heterocycles. The lowest BCUT2D eigenvalue weighted by atomic mass is 10.1. The molecule has 0 saturated heterocycles. The average Bonchev–Trinajstić information content (AvgIpc) is 2.43. The van der Waals surface area contributed by atoms with Crippen LogP contribution in [0.1, 0.15) is 12.5 Å². The van der Waals surface area contributed by atoms with Crippen molar-refractivity contribution < 1.29 is 19.4 Å². The first-order valence-corrected chi connectivity index (χ1v) is 5.91. The minimum absolute atomic E-state index is 0.0817. The van der Waals surface area contributed by atoms with Crippen LogP contribution >= 0.6 is 0 Å². The summed E-state index contributed by atoms with van der Waals surface area (Å²) in [6, 6.07) is 8.00. The van der Waals surface area contributed by atoms with Gasteiger partial charge in [-0.05, 0) is 30.7 Å². The summed E-state index contributed by atoms with van der Waals surface area (Å²) in [4.78, 5) is 21.9. The summed E-state index contributed by atoms with van der Waals surface area (Å²) in [5, 5.41) is 20.0. The molecule has 0 aliphatic carbocycles. The summed E-state index contributed by atoms with van der Waals surface area (Å²) in [5.74, 6) is -1.000. The second-order valence-corrected chi connectivity index (χ2v) is 3.79. The van der Waals surface area contributed by atoms with E-state index in [0.29, 0.717) is 17.9 Å².